The Hall–Kier alpha value is -3.71. The maximum atomic E-state index is 12.5. The van der Waals surface area contributed by atoms with Crippen LogP contribution in [0.15, 0.2) is 77.5 Å². The van der Waals surface area contributed by atoms with E-state index in [0.717, 1.165) is 5.56 Å². The van der Waals surface area contributed by atoms with Gasteiger partial charge in [0.25, 0.3) is 5.91 Å². The number of carbonyl (C=O) groups excluding carboxylic acids is 1. The average Bonchev–Trinajstić information content (AvgIpc) is 3.44. The number of carbonyl (C=O) groups is 1. The molecule has 2 aromatic heterocycles. The molecule has 0 radical (unpaired) electrons. The van der Waals surface area contributed by atoms with E-state index in [4.69, 9.17) is 25.5 Å². The molecule has 158 valence electrons. The monoisotopic (exact) mass is 437 g/mol. The van der Waals surface area contributed by atoms with E-state index in [2.05, 4.69) is 10.4 Å². The van der Waals surface area contributed by atoms with Gasteiger partial charge in [-0.05, 0) is 42.0 Å². The van der Waals surface area contributed by atoms with Gasteiger partial charge in [0.05, 0.1) is 25.5 Å². The smallest absolute Gasteiger partial charge is 0.291 e. The molecule has 0 saturated carbocycles. The molecule has 8 heteroatoms. The number of rotatable bonds is 8. The van der Waals surface area contributed by atoms with Crippen molar-refractivity contribution in [3.05, 3.63) is 95.2 Å². The predicted octanol–water partition coefficient (Wildman–Crippen LogP) is 5.02. The van der Waals surface area contributed by atoms with Crippen molar-refractivity contribution < 1.29 is 18.7 Å². The number of amides is 1. The van der Waals surface area contributed by atoms with Crippen molar-refractivity contribution in [3.63, 3.8) is 0 Å². The first-order chi connectivity index (χ1) is 15.1. The number of hydrogen-bond donors (Lipinski definition) is 1. The third-order valence-corrected chi connectivity index (χ3v) is 4.73. The van der Waals surface area contributed by atoms with Crippen molar-refractivity contribution in [1.82, 2.24) is 9.78 Å². The average molecular weight is 438 g/mol. The van der Waals surface area contributed by atoms with Crippen LogP contribution in [0.3, 0.4) is 0 Å². The molecular weight excluding hydrogens is 418 g/mol. The predicted molar refractivity (Wildman–Crippen MR) is 117 cm³/mol. The first kappa shape index (κ1) is 20.6. The van der Waals surface area contributed by atoms with E-state index in [1.807, 2.05) is 42.5 Å². The van der Waals surface area contributed by atoms with E-state index in [1.54, 1.807) is 42.4 Å². The number of nitrogens with one attached hydrogen (secondary N) is 1. The molecule has 1 amide bonds. The molecule has 7 nitrogen and oxygen atoms in total. The summed E-state index contributed by atoms with van der Waals surface area (Å²) >= 11 is 5.91. The fourth-order valence-corrected chi connectivity index (χ4v) is 3.07. The van der Waals surface area contributed by atoms with Crippen LogP contribution >= 0.6 is 11.6 Å². The van der Waals surface area contributed by atoms with Gasteiger partial charge in [0, 0.05) is 11.2 Å². The van der Waals surface area contributed by atoms with Gasteiger partial charge in [-0.2, -0.15) is 5.10 Å². The zero-order valence-corrected chi connectivity index (χ0v) is 17.5. The molecule has 0 spiro atoms. The Labute approximate surface area is 184 Å². The summed E-state index contributed by atoms with van der Waals surface area (Å²) in [4.78, 5) is 12.5. The minimum Gasteiger partial charge on any atom is -0.493 e. The van der Waals surface area contributed by atoms with Gasteiger partial charge in [0.2, 0.25) is 0 Å². The molecule has 0 fully saturated rings. The maximum absolute atomic E-state index is 12.5. The topological polar surface area (TPSA) is 78.5 Å². The number of benzene rings is 2. The second-order valence-electron chi connectivity index (χ2n) is 6.71. The zero-order valence-electron chi connectivity index (χ0n) is 16.7. The van der Waals surface area contributed by atoms with Crippen LogP contribution in [0, 0.1) is 0 Å². The Morgan fingerprint density at radius 1 is 1.10 bits per heavy atom. The van der Waals surface area contributed by atoms with Crippen molar-refractivity contribution in [3.8, 4) is 11.5 Å². The van der Waals surface area contributed by atoms with Crippen LogP contribution in [0.5, 0.6) is 11.5 Å². The molecule has 0 bridgehead atoms. The molecule has 0 aliphatic rings. The van der Waals surface area contributed by atoms with Crippen LogP contribution in [-0.4, -0.2) is 22.8 Å². The molecular formula is C23H20ClN3O4. The molecule has 4 aromatic rings. The lowest BCUT2D eigenvalue weighted by Gasteiger charge is -2.08. The lowest BCUT2D eigenvalue weighted by atomic mass is 10.2. The quantitative estimate of drug-likeness (QED) is 0.419. The van der Waals surface area contributed by atoms with Crippen LogP contribution in [0.25, 0.3) is 0 Å². The first-order valence-electron chi connectivity index (χ1n) is 9.53. The van der Waals surface area contributed by atoms with Crippen molar-refractivity contribution in [2.45, 2.75) is 13.2 Å². The van der Waals surface area contributed by atoms with Gasteiger partial charge >= 0.3 is 0 Å². The Bertz CT molecular complexity index is 1170. The van der Waals surface area contributed by atoms with Gasteiger partial charge < -0.3 is 19.2 Å². The molecule has 0 unspecified atom stereocenters. The number of furan rings is 1. The second kappa shape index (κ2) is 9.40. The van der Waals surface area contributed by atoms with Gasteiger partial charge in [0.15, 0.2) is 17.3 Å². The van der Waals surface area contributed by atoms with Gasteiger partial charge in [-0.25, -0.2) is 0 Å². The van der Waals surface area contributed by atoms with Crippen LogP contribution in [-0.2, 0) is 13.2 Å². The normalized spacial score (nSPS) is 10.6. The molecule has 31 heavy (non-hydrogen) atoms. The Morgan fingerprint density at radius 3 is 2.65 bits per heavy atom. The molecule has 1 N–H and O–H groups in total. The summed E-state index contributed by atoms with van der Waals surface area (Å²) in [5.74, 6) is 1.57. The van der Waals surface area contributed by atoms with E-state index >= 15 is 0 Å². The zero-order chi connectivity index (χ0) is 21.6. The number of aromatic nitrogens is 2. The third kappa shape index (κ3) is 5.26. The maximum Gasteiger partial charge on any atom is 0.291 e. The van der Waals surface area contributed by atoms with Crippen LogP contribution < -0.4 is 14.8 Å². The van der Waals surface area contributed by atoms with Crippen molar-refractivity contribution in [2.75, 3.05) is 12.4 Å². The highest BCUT2D eigenvalue weighted by Gasteiger charge is 2.13. The molecule has 2 aromatic carbocycles. The van der Waals surface area contributed by atoms with Crippen molar-refractivity contribution in [1.29, 1.82) is 0 Å². The summed E-state index contributed by atoms with van der Waals surface area (Å²) in [6.07, 6.45) is 3.34. The largest absolute Gasteiger partial charge is 0.493 e. The number of hydrogen-bond acceptors (Lipinski definition) is 5. The number of nitrogens with zero attached hydrogens (tertiary/aromatic N) is 2. The lowest BCUT2D eigenvalue weighted by molar-refractivity contribution is 0.0992. The van der Waals surface area contributed by atoms with E-state index in [9.17, 15) is 4.79 Å². The Morgan fingerprint density at radius 2 is 1.87 bits per heavy atom. The van der Waals surface area contributed by atoms with Gasteiger partial charge in [0.1, 0.15) is 12.4 Å². The second-order valence-corrected chi connectivity index (χ2v) is 7.15. The van der Waals surface area contributed by atoms with Crippen LogP contribution in [0.4, 0.5) is 5.69 Å². The summed E-state index contributed by atoms with van der Waals surface area (Å²) < 4.78 is 18.3. The van der Waals surface area contributed by atoms with Gasteiger partial charge in [-0.3, -0.25) is 9.48 Å². The molecule has 0 saturated heterocycles. The number of para-hydroxylation sites is 2. The SMILES string of the molecule is COc1ccccc1OCc1ccc(C(=O)Nc2cnn(Cc3ccc(Cl)cc3)c2)o1. The fraction of sp³-hybridized carbons (Fsp3) is 0.130. The molecule has 2 heterocycles. The Kier molecular flexibility index (Phi) is 6.24. The minimum absolute atomic E-state index is 0.173. The van der Waals surface area contributed by atoms with Gasteiger partial charge in [-0.15, -0.1) is 0 Å². The van der Waals surface area contributed by atoms with Gasteiger partial charge in [-0.1, -0.05) is 35.9 Å². The van der Waals surface area contributed by atoms with Crippen LogP contribution in [0.2, 0.25) is 5.02 Å². The minimum atomic E-state index is -0.366. The molecule has 0 atom stereocenters. The highest BCUT2D eigenvalue weighted by Crippen LogP contribution is 2.27. The third-order valence-electron chi connectivity index (χ3n) is 4.47. The van der Waals surface area contributed by atoms with Crippen molar-refractivity contribution in [2.24, 2.45) is 0 Å². The Balaban J connectivity index is 1.34. The molecule has 0 aliphatic carbocycles. The highest BCUT2D eigenvalue weighted by molar-refractivity contribution is 6.30. The van der Waals surface area contributed by atoms with E-state index in [1.165, 1.54) is 0 Å². The summed E-state index contributed by atoms with van der Waals surface area (Å²) in [5.41, 5.74) is 1.62. The molecule has 0 aliphatic heterocycles. The van der Waals surface area contributed by atoms with Crippen molar-refractivity contribution >= 4 is 23.2 Å². The number of anilines is 1. The standard InChI is InChI=1S/C23H20ClN3O4/c1-29-20-4-2-3-5-21(20)30-15-19-10-11-22(31-19)23(28)26-18-12-25-27(14-18)13-16-6-8-17(24)9-7-16/h2-12,14H,13,15H2,1H3,(H,26,28). The summed E-state index contributed by atoms with van der Waals surface area (Å²) in [7, 11) is 1.58. The van der Waals surface area contributed by atoms with E-state index in [0.29, 0.717) is 34.5 Å². The summed E-state index contributed by atoms with van der Waals surface area (Å²) in [6, 6.07) is 18.2. The number of methoxy groups -OCH3 is 1. The van der Waals surface area contributed by atoms with E-state index < -0.39 is 0 Å². The first-order valence-corrected chi connectivity index (χ1v) is 9.91. The highest BCUT2D eigenvalue weighted by atomic mass is 35.5. The summed E-state index contributed by atoms with van der Waals surface area (Å²) in [6.45, 7) is 0.741. The number of ether oxygens (including phenoxy) is 2. The molecule has 4 rings (SSSR count). The summed E-state index contributed by atoms with van der Waals surface area (Å²) in [5, 5.41) is 7.74. The van der Waals surface area contributed by atoms with Crippen LogP contribution in [0.1, 0.15) is 21.9 Å². The number of halogens is 1. The van der Waals surface area contributed by atoms with E-state index in [-0.39, 0.29) is 18.3 Å². The fourth-order valence-electron chi connectivity index (χ4n) is 2.95. The lowest BCUT2D eigenvalue weighted by Crippen LogP contribution is -2.10.